The number of pyridine rings is 1. The van der Waals surface area contributed by atoms with Crippen LogP contribution in [0.2, 0.25) is 0 Å². The highest BCUT2D eigenvalue weighted by molar-refractivity contribution is 5.86. The summed E-state index contributed by atoms with van der Waals surface area (Å²) in [6.45, 7) is 2.85. The SMILES string of the molecule is Cc1nc(NCc2ccccc2)cc2ccccc12. The molecule has 0 aliphatic rings. The number of aryl methyl sites for hydroxylation is 1. The fraction of sp³-hybridized carbons (Fsp3) is 0.118. The summed E-state index contributed by atoms with van der Waals surface area (Å²) >= 11 is 0. The van der Waals surface area contributed by atoms with E-state index >= 15 is 0 Å². The second-order valence-electron chi connectivity index (χ2n) is 4.65. The minimum absolute atomic E-state index is 0.797. The maximum atomic E-state index is 4.61. The largest absolute Gasteiger partial charge is 0.366 e. The van der Waals surface area contributed by atoms with E-state index in [9.17, 15) is 0 Å². The van der Waals surface area contributed by atoms with Crippen LogP contribution in [0, 0.1) is 6.92 Å². The lowest BCUT2D eigenvalue weighted by atomic mass is 10.1. The lowest BCUT2D eigenvalue weighted by Gasteiger charge is -2.09. The van der Waals surface area contributed by atoms with Crippen molar-refractivity contribution in [3.05, 3.63) is 71.9 Å². The summed E-state index contributed by atoms with van der Waals surface area (Å²) in [5, 5.41) is 5.83. The number of nitrogens with one attached hydrogen (secondary N) is 1. The molecule has 2 aromatic carbocycles. The van der Waals surface area contributed by atoms with E-state index in [1.165, 1.54) is 16.3 Å². The Morgan fingerprint density at radius 3 is 2.53 bits per heavy atom. The van der Waals surface area contributed by atoms with Crippen LogP contribution in [0.5, 0.6) is 0 Å². The number of rotatable bonds is 3. The fourth-order valence-electron chi connectivity index (χ4n) is 2.25. The molecule has 0 aliphatic carbocycles. The second kappa shape index (κ2) is 5.11. The predicted octanol–water partition coefficient (Wildman–Crippen LogP) is 4.16. The molecular formula is C17H16N2. The van der Waals surface area contributed by atoms with Gasteiger partial charge in [0.05, 0.1) is 0 Å². The minimum atomic E-state index is 0.797. The number of nitrogens with zero attached hydrogens (tertiary/aromatic N) is 1. The van der Waals surface area contributed by atoms with E-state index in [2.05, 4.69) is 65.8 Å². The molecule has 3 rings (SSSR count). The van der Waals surface area contributed by atoms with Crippen LogP contribution in [0.15, 0.2) is 60.7 Å². The van der Waals surface area contributed by atoms with Gasteiger partial charge in [0.2, 0.25) is 0 Å². The highest BCUT2D eigenvalue weighted by atomic mass is 15.0. The van der Waals surface area contributed by atoms with Gasteiger partial charge in [0.25, 0.3) is 0 Å². The summed E-state index contributed by atoms with van der Waals surface area (Å²) in [5.74, 6) is 0.931. The van der Waals surface area contributed by atoms with Crippen molar-refractivity contribution in [2.24, 2.45) is 0 Å². The first kappa shape index (κ1) is 11.7. The zero-order chi connectivity index (χ0) is 13.1. The molecule has 0 radical (unpaired) electrons. The van der Waals surface area contributed by atoms with Gasteiger partial charge in [-0.05, 0) is 23.9 Å². The Morgan fingerprint density at radius 1 is 0.947 bits per heavy atom. The monoisotopic (exact) mass is 248 g/mol. The molecule has 0 spiro atoms. The van der Waals surface area contributed by atoms with E-state index in [1.54, 1.807) is 0 Å². The quantitative estimate of drug-likeness (QED) is 0.753. The van der Waals surface area contributed by atoms with Gasteiger partial charge >= 0.3 is 0 Å². The van der Waals surface area contributed by atoms with Gasteiger partial charge in [-0.25, -0.2) is 4.98 Å². The third-order valence-electron chi connectivity index (χ3n) is 3.25. The van der Waals surface area contributed by atoms with Crippen LogP contribution in [-0.2, 0) is 6.54 Å². The molecule has 1 heterocycles. The normalized spacial score (nSPS) is 10.6. The van der Waals surface area contributed by atoms with Gasteiger partial charge in [0, 0.05) is 17.6 Å². The molecule has 0 fully saturated rings. The summed E-state index contributed by atoms with van der Waals surface area (Å²) in [4.78, 5) is 4.61. The van der Waals surface area contributed by atoms with E-state index in [1.807, 2.05) is 12.1 Å². The Bertz CT molecular complexity index is 690. The van der Waals surface area contributed by atoms with Crippen LogP contribution in [0.1, 0.15) is 11.3 Å². The minimum Gasteiger partial charge on any atom is -0.366 e. The number of benzene rings is 2. The third-order valence-corrected chi connectivity index (χ3v) is 3.25. The van der Waals surface area contributed by atoms with Crippen molar-refractivity contribution >= 4 is 16.6 Å². The van der Waals surface area contributed by atoms with Crippen molar-refractivity contribution in [1.29, 1.82) is 0 Å². The predicted molar refractivity (Wildman–Crippen MR) is 80.2 cm³/mol. The Labute approximate surface area is 113 Å². The topological polar surface area (TPSA) is 24.9 Å². The Morgan fingerprint density at radius 2 is 1.68 bits per heavy atom. The number of aromatic nitrogens is 1. The van der Waals surface area contributed by atoms with Crippen LogP contribution in [0.4, 0.5) is 5.82 Å². The van der Waals surface area contributed by atoms with Crippen LogP contribution in [0.25, 0.3) is 10.8 Å². The highest BCUT2D eigenvalue weighted by Crippen LogP contribution is 2.20. The van der Waals surface area contributed by atoms with Crippen LogP contribution >= 0.6 is 0 Å². The highest BCUT2D eigenvalue weighted by Gasteiger charge is 2.01. The maximum Gasteiger partial charge on any atom is 0.127 e. The summed E-state index contributed by atoms with van der Waals surface area (Å²) in [7, 11) is 0. The zero-order valence-electron chi connectivity index (χ0n) is 10.9. The maximum absolute atomic E-state index is 4.61. The average Bonchev–Trinajstić information content (AvgIpc) is 2.46. The van der Waals surface area contributed by atoms with E-state index in [-0.39, 0.29) is 0 Å². The molecule has 0 atom stereocenters. The van der Waals surface area contributed by atoms with Gasteiger partial charge in [-0.2, -0.15) is 0 Å². The van der Waals surface area contributed by atoms with Gasteiger partial charge < -0.3 is 5.32 Å². The van der Waals surface area contributed by atoms with Crippen molar-refractivity contribution in [3.8, 4) is 0 Å². The molecule has 0 saturated heterocycles. The van der Waals surface area contributed by atoms with Gasteiger partial charge in [-0.1, -0.05) is 54.6 Å². The Kier molecular flexibility index (Phi) is 3.15. The first-order chi connectivity index (χ1) is 9.33. The molecule has 0 unspecified atom stereocenters. The summed E-state index contributed by atoms with van der Waals surface area (Å²) < 4.78 is 0. The van der Waals surface area contributed by atoms with Crippen molar-refractivity contribution in [3.63, 3.8) is 0 Å². The first-order valence-electron chi connectivity index (χ1n) is 6.47. The van der Waals surface area contributed by atoms with Gasteiger partial charge in [0.15, 0.2) is 0 Å². The smallest absolute Gasteiger partial charge is 0.127 e. The lowest BCUT2D eigenvalue weighted by Crippen LogP contribution is -2.02. The third kappa shape index (κ3) is 2.58. The summed E-state index contributed by atoms with van der Waals surface area (Å²) in [6.07, 6.45) is 0. The molecule has 1 N–H and O–H groups in total. The van der Waals surface area contributed by atoms with Gasteiger partial charge in [-0.3, -0.25) is 0 Å². The standard InChI is InChI=1S/C17H16N2/c1-13-16-10-6-5-9-15(16)11-17(19-13)18-12-14-7-3-2-4-8-14/h2-11H,12H2,1H3,(H,18,19). The average molecular weight is 248 g/mol. The number of fused-ring (bicyclic) bond motifs is 1. The molecule has 3 aromatic rings. The molecule has 2 nitrogen and oxygen atoms in total. The van der Waals surface area contributed by atoms with Crippen LogP contribution in [0.3, 0.4) is 0 Å². The van der Waals surface area contributed by atoms with E-state index in [4.69, 9.17) is 0 Å². The second-order valence-corrected chi connectivity index (χ2v) is 4.65. The fourth-order valence-corrected chi connectivity index (χ4v) is 2.25. The molecule has 1 aromatic heterocycles. The molecule has 94 valence electrons. The zero-order valence-corrected chi connectivity index (χ0v) is 10.9. The van der Waals surface area contributed by atoms with E-state index in [0.29, 0.717) is 0 Å². The molecule has 2 heteroatoms. The first-order valence-corrected chi connectivity index (χ1v) is 6.47. The molecular weight excluding hydrogens is 232 g/mol. The van der Waals surface area contributed by atoms with Crippen molar-refractivity contribution in [1.82, 2.24) is 4.98 Å². The van der Waals surface area contributed by atoms with Crippen LogP contribution in [-0.4, -0.2) is 4.98 Å². The van der Waals surface area contributed by atoms with Crippen LogP contribution < -0.4 is 5.32 Å². The van der Waals surface area contributed by atoms with Gasteiger partial charge in [0.1, 0.15) is 5.82 Å². The lowest BCUT2D eigenvalue weighted by molar-refractivity contribution is 1.10. The number of hydrogen-bond acceptors (Lipinski definition) is 2. The Balaban J connectivity index is 1.85. The summed E-state index contributed by atoms with van der Waals surface area (Å²) in [6, 6.07) is 20.8. The van der Waals surface area contributed by atoms with Gasteiger partial charge in [-0.15, -0.1) is 0 Å². The van der Waals surface area contributed by atoms with Crippen molar-refractivity contribution in [2.75, 3.05) is 5.32 Å². The molecule has 0 amide bonds. The Hall–Kier alpha value is -2.35. The molecule has 19 heavy (non-hydrogen) atoms. The number of hydrogen-bond donors (Lipinski definition) is 1. The summed E-state index contributed by atoms with van der Waals surface area (Å²) in [5.41, 5.74) is 2.32. The number of anilines is 1. The van der Waals surface area contributed by atoms with E-state index < -0.39 is 0 Å². The van der Waals surface area contributed by atoms with E-state index in [0.717, 1.165) is 18.1 Å². The molecule has 0 saturated carbocycles. The van der Waals surface area contributed by atoms with Crippen molar-refractivity contribution in [2.45, 2.75) is 13.5 Å². The van der Waals surface area contributed by atoms with Crippen molar-refractivity contribution < 1.29 is 0 Å². The molecule has 0 bridgehead atoms. The molecule has 0 aliphatic heterocycles.